The van der Waals surface area contributed by atoms with Gasteiger partial charge in [-0.3, -0.25) is 0 Å². The highest BCUT2D eigenvalue weighted by atomic mass is 35.5. The highest BCUT2D eigenvalue weighted by molar-refractivity contribution is 6.30. The van der Waals surface area contributed by atoms with E-state index < -0.39 is 0 Å². The van der Waals surface area contributed by atoms with Gasteiger partial charge in [0.2, 0.25) is 0 Å². The Balaban J connectivity index is 2.29. The third-order valence-electron chi connectivity index (χ3n) is 2.22. The van der Waals surface area contributed by atoms with Gasteiger partial charge in [-0.05, 0) is 6.07 Å². The molecule has 0 aromatic carbocycles. The van der Waals surface area contributed by atoms with Gasteiger partial charge in [0.1, 0.15) is 5.15 Å². The van der Waals surface area contributed by atoms with E-state index in [1.165, 1.54) is 0 Å². The van der Waals surface area contributed by atoms with Crippen LogP contribution in [0.1, 0.15) is 11.7 Å². The average Bonchev–Trinajstić information content (AvgIpc) is 2.19. The van der Waals surface area contributed by atoms with Crippen LogP contribution in [0.15, 0.2) is 12.3 Å². The molecule has 2 heterocycles. The number of rotatable bonds is 1. The second-order valence-electron chi connectivity index (χ2n) is 3.17. The van der Waals surface area contributed by atoms with E-state index in [0.717, 1.165) is 18.7 Å². The van der Waals surface area contributed by atoms with Crippen LogP contribution < -0.4 is 11.1 Å². The summed E-state index contributed by atoms with van der Waals surface area (Å²) in [4.78, 5) is 3.99. The van der Waals surface area contributed by atoms with Crippen molar-refractivity contribution in [2.45, 2.75) is 6.10 Å². The maximum atomic E-state index is 5.96. The van der Waals surface area contributed by atoms with E-state index in [1.807, 2.05) is 0 Å². The van der Waals surface area contributed by atoms with E-state index in [-0.39, 0.29) is 6.10 Å². The molecule has 1 aromatic heterocycles. The molecular weight excluding hydrogens is 202 g/mol. The first-order valence-electron chi connectivity index (χ1n) is 4.51. The topological polar surface area (TPSA) is 60.2 Å². The first-order valence-corrected chi connectivity index (χ1v) is 4.89. The fourth-order valence-electron chi connectivity index (χ4n) is 1.53. The Morgan fingerprint density at radius 3 is 3.14 bits per heavy atom. The summed E-state index contributed by atoms with van der Waals surface area (Å²) in [5.41, 5.74) is 7.25. The standard InChI is InChI=1S/C9H12ClN3O/c10-9-8(6(11)1-2-13-9)7-5-12-3-4-14-7/h1-2,7,12H,3-5H2,(H2,11,13). The van der Waals surface area contributed by atoms with E-state index in [0.29, 0.717) is 17.4 Å². The highest BCUT2D eigenvalue weighted by Gasteiger charge is 2.21. The quantitative estimate of drug-likeness (QED) is 0.683. The van der Waals surface area contributed by atoms with Crippen LogP contribution in [0.4, 0.5) is 5.69 Å². The average molecular weight is 214 g/mol. The molecule has 0 saturated carbocycles. The summed E-state index contributed by atoms with van der Waals surface area (Å²) in [6, 6.07) is 1.74. The molecule has 2 rings (SSSR count). The van der Waals surface area contributed by atoms with Gasteiger partial charge in [0, 0.05) is 30.5 Å². The number of ether oxygens (including phenoxy) is 1. The van der Waals surface area contributed by atoms with Crippen LogP contribution in [0, 0.1) is 0 Å². The lowest BCUT2D eigenvalue weighted by Crippen LogP contribution is -2.33. The van der Waals surface area contributed by atoms with Gasteiger partial charge < -0.3 is 15.8 Å². The zero-order valence-corrected chi connectivity index (χ0v) is 8.42. The van der Waals surface area contributed by atoms with Gasteiger partial charge in [0.05, 0.1) is 12.7 Å². The van der Waals surface area contributed by atoms with Crippen LogP contribution in [-0.4, -0.2) is 24.7 Å². The van der Waals surface area contributed by atoms with Gasteiger partial charge in [-0.15, -0.1) is 0 Å². The molecule has 0 bridgehead atoms. The van der Waals surface area contributed by atoms with Crippen molar-refractivity contribution in [3.8, 4) is 0 Å². The number of hydrogen-bond acceptors (Lipinski definition) is 4. The minimum atomic E-state index is -0.0788. The summed E-state index contributed by atoms with van der Waals surface area (Å²) in [6.45, 7) is 2.28. The van der Waals surface area contributed by atoms with Gasteiger partial charge in [-0.1, -0.05) is 11.6 Å². The predicted molar refractivity (Wildman–Crippen MR) is 55.2 cm³/mol. The summed E-state index contributed by atoms with van der Waals surface area (Å²) in [5, 5.41) is 3.65. The van der Waals surface area contributed by atoms with Crippen molar-refractivity contribution in [3.63, 3.8) is 0 Å². The first-order chi connectivity index (χ1) is 6.79. The Bertz CT molecular complexity index is 306. The van der Waals surface area contributed by atoms with Gasteiger partial charge in [-0.25, -0.2) is 4.98 Å². The lowest BCUT2D eigenvalue weighted by atomic mass is 10.1. The van der Waals surface area contributed by atoms with Crippen molar-refractivity contribution < 1.29 is 4.74 Å². The summed E-state index contributed by atoms with van der Waals surface area (Å²) in [5.74, 6) is 0. The minimum Gasteiger partial charge on any atom is -0.398 e. The maximum Gasteiger partial charge on any atom is 0.136 e. The van der Waals surface area contributed by atoms with Gasteiger partial charge in [-0.2, -0.15) is 0 Å². The third kappa shape index (κ3) is 1.82. The molecule has 1 unspecified atom stereocenters. The second kappa shape index (κ2) is 4.13. The number of nitrogens with one attached hydrogen (secondary N) is 1. The molecule has 1 atom stereocenters. The van der Waals surface area contributed by atoms with Crippen LogP contribution >= 0.6 is 11.6 Å². The number of aromatic nitrogens is 1. The van der Waals surface area contributed by atoms with Gasteiger partial charge in [0.15, 0.2) is 0 Å². The monoisotopic (exact) mass is 213 g/mol. The lowest BCUT2D eigenvalue weighted by Gasteiger charge is -2.25. The molecule has 0 spiro atoms. The van der Waals surface area contributed by atoms with E-state index in [9.17, 15) is 0 Å². The second-order valence-corrected chi connectivity index (χ2v) is 3.53. The molecule has 76 valence electrons. The molecule has 5 heteroatoms. The maximum absolute atomic E-state index is 5.96. The Morgan fingerprint density at radius 2 is 2.50 bits per heavy atom. The number of nitrogens with two attached hydrogens (primary N) is 1. The first kappa shape index (κ1) is 9.71. The molecule has 4 nitrogen and oxygen atoms in total. The SMILES string of the molecule is Nc1ccnc(Cl)c1C1CNCCO1. The summed E-state index contributed by atoms with van der Waals surface area (Å²) in [7, 11) is 0. The van der Waals surface area contributed by atoms with Gasteiger partial charge >= 0.3 is 0 Å². The molecule has 14 heavy (non-hydrogen) atoms. The molecule has 0 amide bonds. The van der Waals surface area contributed by atoms with Crippen LogP contribution in [0.3, 0.4) is 0 Å². The lowest BCUT2D eigenvalue weighted by molar-refractivity contribution is 0.0280. The summed E-state index contributed by atoms with van der Waals surface area (Å²) in [6.07, 6.45) is 1.52. The summed E-state index contributed by atoms with van der Waals surface area (Å²) >= 11 is 5.96. The van der Waals surface area contributed by atoms with Crippen molar-refractivity contribution in [1.82, 2.24) is 10.3 Å². The number of halogens is 1. The molecule has 0 radical (unpaired) electrons. The van der Waals surface area contributed by atoms with Gasteiger partial charge in [0.25, 0.3) is 0 Å². The normalized spacial score (nSPS) is 22.2. The Hall–Kier alpha value is -0.840. The van der Waals surface area contributed by atoms with Crippen LogP contribution in [0.25, 0.3) is 0 Å². The number of pyridine rings is 1. The molecule has 0 aliphatic carbocycles. The number of nitrogens with zero attached hydrogens (tertiary/aromatic N) is 1. The van der Waals surface area contributed by atoms with Crippen molar-refractivity contribution in [2.75, 3.05) is 25.4 Å². The number of hydrogen-bond donors (Lipinski definition) is 2. The zero-order valence-electron chi connectivity index (χ0n) is 7.66. The van der Waals surface area contributed by atoms with Crippen molar-refractivity contribution in [2.24, 2.45) is 0 Å². The predicted octanol–water partition coefficient (Wildman–Crippen LogP) is 0.978. The molecule has 1 aliphatic rings. The van der Waals surface area contributed by atoms with E-state index in [4.69, 9.17) is 22.1 Å². The molecule has 3 N–H and O–H groups in total. The Labute approximate surface area is 87.4 Å². The molecule has 1 aliphatic heterocycles. The van der Waals surface area contributed by atoms with E-state index in [1.54, 1.807) is 12.3 Å². The fourth-order valence-corrected chi connectivity index (χ4v) is 1.82. The van der Waals surface area contributed by atoms with Crippen LogP contribution in [0.2, 0.25) is 5.15 Å². The van der Waals surface area contributed by atoms with Crippen LogP contribution in [-0.2, 0) is 4.74 Å². The van der Waals surface area contributed by atoms with Crippen molar-refractivity contribution in [3.05, 3.63) is 23.0 Å². The molecule has 1 aromatic rings. The van der Waals surface area contributed by atoms with Crippen LogP contribution in [0.5, 0.6) is 0 Å². The third-order valence-corrected chi connectivity index (χ3v) is 2.53. The molecule has 1 fully saturated rings. The Morgan fingerprint density at radius 1 is 1.64 bits per heavy atom. The highest BCUT2D eigenvalue weighted by Crippen LogP contribution is 2.29. The largest absolute Gasteiger partial charge is 0.398 e. The van der Waals surface area contributed by atoms with Crippen molar-refractivity contribution in [1.29, 1.82) is 0 Å². The van der Waals surface area contributed by atoms with E-state index >= 15 is 0 Å². The number of nitrogen functional groups attached to an aromatic ring is 1. The summed E-state index contributed by atoms with van der Waals surface area (Å²) < 4.78 is 5.56. The zero-order chi connectivity index (χ0) is 9.97. The minimum absolute atomic E-state index is 0.0788. The smallest absolute Gasteiger partial charge is 0.136 e. The number of morpholine rings is 1. The number of anilines is 1. The fraction of sp³-hybridized carbons (Fsp3) is 0.444. The van der Waals surface area contributed by atoms with Crippen molar-refractivity contribution >= 4 is 17.3 Å². The Kier molecular flexibility index (Phi) is 2.86. The van der Waals surface area contributed by atoms with E-state index in [2.05, 4.69) is 10.3 Å². The molecular formula is C9H12ClN3O. The molecule has 1 saturated heterocycles.